The summed E-state index contributed by atoms with van der Waals surface area (Å²) in [6.07, 6.45) is -3.24. The van der Waals surface area contributed by atoms with E-state index in [4.69, 9.17) is 33.3 Å². The van der Waals surface area contributed by atoms with Crippen LogP contribution in [0.2, 0.25) is 0 Å². The molecule has 312 valence electrons. The van der Waals surface area contributed by atoms with Crippen molar-refractivity contribution < 1.29 is 72.2 Å². The summed E-state index contributed by atoms with van der Waals surface area (Å²) >= 11 is 0. The number of esters is 4. The van der Waals surface area contributed by atoms with Crippen molar-refractivity contribution in [3.8, 4) is 0 Å². The Morgan fingerprint density at radius 3 is 2.39 bits per heavy atom. The molecule has 0 aromatic heterocycles. The van der Waals surface area contributed by atoms with Gasteiger partial charge >= 0.3 is 23.9 Å². The van der Waals surface area contributed by atoms with E-state index in [0.717, 1.165) is 0 Å². The van der Waals surface area contributed by atoms with Crippen LogP contribution in [-0.4, -0.2) is 131 Å². The molecule has 0 radical (unpaired) electrons. The van der Waals surface area contributed by atoms with Gasteiger partial charge in [0.25, 0.3) is 0 Å². The quantitative estimate of drug-likeness (QED) is 0.112. The van der Waals surface area contributed by atoms with Crippen LogP contribution in [0.5, 0.6) is 0 Å². The second kappa shape index (κ2) is 16.4. The van der Waals surface area contributed by atoms with Crippen LogP contribution in [0.1, 0.15) is 71.9 Å². The van der Waals surface area contributed by atoms with Crippen LogP contribution in [0, 0.1) is 10.8 Å². The maximum Gasteiger partial charge on any atom is 0.348 e. The number of aliphatic hydroxyl groups excluding tert-OH is 2. The first-order valence-electron chi connectivity index (χ1n) is 19.0. The monoisotopic (exact) mass is 801 g/mol. The molecule has 10 atom stereocenters. The third kappa shape index (κ3) is 8.85. The Kier molecular flexibility index (Phi) is 12.1. The van der Waals surface area contributed by atoms with Gasteiger partial charge in [0.2, 0.25) is 17.9 Å². The van der Waals surface area contributed by atoms with Crippen molar-refractivity contribution in [2.24, 2.45) is 10.8 Å². The number of amides is 2. The fourth-order valence-electron chi connectivity index (χ4n) is 7.87. The van der Waals surface area contributed by atoms with Crippen molar-refractivity contribution in [3.63, 3.8) is 0 Å². The topological polar surface area (TPSA) is 235 Å². The largest absolute Gasteiger partial charge is 0.462 e. The number of nitrogens with zero attached hydrogens (tertiary/aromatic N) is 1. The summed E-state index contributed by atoms with van der Waals surface area (Å²) < 4.78 is 33.1. The molecule has 2 amide bonds. The molecule has 1 aromatic carbocycles. The molecule has 5 fully saturated rings. The predicted molar refractivity (Wildman–Crippen MR) is 194 cm³/mol. The summed E-state index contributed by atoms with van der Waals surface area (Å²) in [4.78, 5) is 85.1. The Balaban J connectivity index is 1.16. The highest BCUT2D eigenvalue weighted by Crippen LogP contribution is 2.55. The Hall–Kier alpha value is -4.46. The molecule has 4 aliphatic heterocycles. The lowest BCUT2D eigenvalue weighted by Gasteiger charge is -2.49. The van der Waals surface area contributed by atoms with Gasteiger partial charge in [-0.1, -0.05) is 38.1 Å². The standard InChI is InChI=1S/C39H51N3O15/c1-20(44)27(33(47)40-23(17-43)12-14-26(46)56-37(2,3)4)41-36(50)39-15-24-28-29(53-19-52-28)31(39)57-42(30(39)34(48)54-24)16-22-9-7-21(8-10-22)11-13-25(45)55-32-35(49)51-18-38(32,5)6/h7-11,13,20,23-24,27-32,43-44H,12,14-19H2,1-6H3,(H,40,47)(H,41,50). The number of cyclic esters (lactones) is 1. The van der Waals surface area contributed by atoms with Crippen molar-refractivity contribution in [2.75, 3.05) is 20.0 Å². The summed E-state index contributed by atoms with van der Waals surface area (Å²) in [5.41, 5.74) is -1.71. The molecular formula is C39H51N3O15. The van der Waals surface area contributed by atoms with E-state index in [1.807, 2.05) is 0 Å². The molecule has 10 unspecified atom stereocenters. The minimum atomic E-state index is -1.64. The number of ether oxygens (including phenoxy) is 6. The van der Waals surface area contributed by atoms with Crippen molar-refractivity contribution >= 4 is 41.8 Å². The number of benzene rings is 1. The van der Waals surface area contributed by atoms with Gasteiger partial charge in [-0.2, -0.15) is 5.06 Å². The van der Waals surface area contributed by atoms with E-state index < -0.39 is 113 Å². The van der Waals surface area contributed by atoms with Gasteiger partial charge in [-0.3, -0.25) is 24.0 Å². The molecular weight excluding hydrogens is 750 g/mol. The molecule has 1 saturated carbocycles. The molecule has 2 bridgehead atoms. The average Bonchev–Trinajstić information content (AvgIpc) is 3.83. The third-order valence-electron chi connectivity index (χ3n) is 10.7. The molecule has 1 aromatic rings. The summed E-state index contributed by atoms with van der Waals surface area (Å²) in [5, 5.41) is 27.3. The SMILES string of the molecule is CC(O)C(NC(=O)C12CC3OC(=O)C1N(Cc1ccc(C=CC(=O)OC4C(=O)OCC4(C)C)cc1)OC2C1OCOC31)C(=O)NC(CO)CCC(=O)OC(C)(C)C. The average molecular weight is 802 g/mol. The van der Waals surface area contributed by atoms with Gasteiger partial charge in [0.15, 0.2) is 6.04 Å². The highest BCUT2D eigenvalue weighted by Gasteiger charge is 2.75. The number of rotatable bonds is 14. The third-order valence-corrected chi connectivity index (χ3v) is 10.7. The van der Waals surface area contributed by atoms with Crippen molar-refractivity contribution in [2.45, 2.75) is 128 Å². The zero-order valence-electron chi connectivity index (χ0n) is 32.8. The first-order chi connectivity index (χ1) is 26.8. The predicted octanol–water partition coefficient (Wildman–Crippen LogP) is 0.201. The summed E-state index contributed by atoms with van der Waals surface area (Å²) in [5.74, 6) is -4.15. The number of hydrogen-bond donors (Lipinski definition) is 4. The zero-order chi connectivity index (χ0) is 41.4. The molecule has 1 aliphatic carbocycles. The van der Waals surface area contributed by atoms with E-state index in [9.17, 15) is 39.0 Å². The smallest absolute Gasteiger partial charge is 0.348 e. The van der Waals surface area contributed by atoms with Gasteiger partial charge < -0.3 is 49.3 Å². The number of carbonyl (C=O) groups excluding carboxylic acids is 6. The van der Waals surface area contributed by atoms with Gasteiger partial charge in [-0.15, -0.1) is 0 Å². The molecule has 5 aliphatic rings. The number of carbonyl (C=O) groups is 6. The highest BCUT2D eigenvalue weighted by atomic mass is 16.8. The first-order valence-corrected chi connectivity index (χ1v) is 19.0. The molecule has 0 spiro atoms. The van der Waals surface area contributed by atoms with Crippen LogP contribution in [0.15, 0.2) is 30.3 Å². The van der Waals surface area contributed by atoms with Gasteiger partial charge in [0.05, 0.1) is 25.3 Å². The summed E-state index contributed by atoms with van der Waals surface area (Å²) in [6, 6.07) is 3.20. The van der Waals surface area contributed by atoms with E-state index >= 15 is 0 Å². The Morgan fingerprint density at radius 2 is 1.75 bits per heavy atom. The molecule has 57 heavy (non-hydrogen) atoms. The zero-order valence-corrected chi connectivity index (χ0v) is 32.8. The lowest BCUT2D eigenvalue weighted by atomic mass is 9.62. The van der Waals surface area contributed by atoms with Crippen LogP contribution in [0.4, 0.5) is 0 Å². The summed E-state index contributed by atoms with van der Waals surface area (Å²) in [6.45, 7) is 9.50. The maximum atomic E-state index is 14.6. The van der Waals surface area contributed by atoms with E-state index in [-0.39, 0.29) is 39.2 Å². The van der Waals surface area contributed by atoms with Gasteiger partial charge in [0, 0.05) is 24.3 Å². The van der Waals surface area contributed by atoms with Gasteiger partial charge in [-0.25, -0.2) is 9.59 Å². The van der Waals surface area contributed by atoms with Gasteiger partial charge in [0.1, 0.15) is 54.9 Å². The number of hydroxylamine groups is 2. The number of fused-ring (bicyclic) bond motifs is 4. The normalized spacial score (nSPS) is 30.5. The van der Waals surface area contributed by atoms with Crippen LogP contribution in [-0.2, 0) is 68.6 Å². The Labute approximate surface area is 329 Å². The minimum absolute atomic E-state index is 0.00919. The number of hydrogen-bond acceptors (Lipinski definition) is 16. The van der Waals surface area contributed by atoms with Crippen LogP contribution >= 0.6 is 0 Å². The lowest BCUT2D eigenvalue weighted by molar-refractivity contribution is -0.201. The van der Waals surface area contributed by atoms with Crippen molar-refractivity contribution in [1.29, 1.82) is 0 Å². The second-order valence-electron chi connectivity index (χ2n) is 16.8. The van der Waals surface area contributed by atoms with E-state index in [1.165, 1.54) is 24.1 Å². The number of aliphatic hydroxyl groups is 2. The van der Waals surface area contributed by atoms with Crippen LogP contribution in [0.25, 0.3) is 6.08 Å². The molecule has 4 N–H and O–H groups in total. The fourth-order valence-corrected chi connectivity index (χ4v) is 7.87. The molecule has 4 heterocycles. The maximum absolute atomic E-state index is 14.6. The van der Waals surface area contributed by atoms with Crippen molar-refractivity contribution in [1.82, 2.24) is 15.7 Å². The highest BCUT2D eigenvalue weighted by molar-refractivity contribution is 5.96. The molecule has 6 rings (SSSR count). The van der Waals surface area contributed by atoms with Gasteiger partial charge in [-0.05, 0) is 51.3 Å². The molecule has 4 saturated heterocycles. The molecule has 18 nitrogen and oxygen atoms in total. The van der Waals surface area contributed by atoms with E-state index in [0.29, 0.717) is 11.1 Å². The Morgan fingerprint density at radius 1 is 1.05 bits per heavy atom. The van der Waals surface area contributed by atoms with E-state index in [2.05, 4.69) is 10.6 Å². The van der Waals surface area contributed by atoms with E-state index in [1.54, 1.807) is 58.9 Å². The minimum Gasteiger partial charge on any atom is -0.462 e. The number of nitrogens with one attached hydrogen (secondary N) is 2. The Bertz CT molecular complexity index is 1760. The van der Waals surface area contributed by atoms with Crippen LogP contribution in [0.3, 0.4) is 0 Å². The van der Waals surface area contributed by atoms with Crippen LogP contribution < -0.4 is 10.6 Å². The van der Waals surface area contributed by atoms with Crippen molar-refractivity contribution in [3.05, 3.63) is 41.5 Å². The lowest BCUT2D eigenvalue weighted by Crippen LogP contribution is -2.71. The summed E-state index contributed by atoms with van der Waals surface area (Å²) in [7, 11) is 0. The second-order valence-corrected chi connectivity index (χ2v) is 16.8. The molecule has 18 heteroatoms. The first kappa shape index (κ1) is 42.2. The fraction of sp³-hybridized carbons (Fsp3) is 0.641.